The van der Waals surface area contributed by atoms with Crippen molar-refractivity contribution >= 4 is 10.0 Å². The van der Waals surface area contributed by atoms with Gasteiger partial charge in [0.25, 0.3) is 0 Å². The van der Waals surface area contributed by atoms with Gasteiger partial charge in [0.1, 0.15) is 0 Å². The van der Waals surface area contributed by atoms with E-state index >= 15 is 0 Å². The van der Waals surface area contributed by atoms with E-state index in [9.17, 15) is 8.42 Å². The van der Waals surface area contributed by atoms with E-state index in [0.29, 0.717) is 18.0 Å². The van der Waals surface area contributed by atoms with Crippen molar-refractivity contribution in [2.75, 3.05) is 13.1 Å². The number of fused-ring (bicyclic) bond motifs is 1. The topological polar surface area (TPSA) is 37.4 Å². The van der Waals surface area contributed by atoms with Gasteiger partial charge in [0.15, 0.2) is 0 Å². The van der Waals surface area contributed by atoms with Crippen molar-refractivity contribution < 1.29 is 8.42 Å². The van der Waals surface area contributed by atoms with E-state index in [-0.39, 0.29) is 0 Å². The van der Waals surface area contributed by atoms with Crippen molar-refractivity contribution in [1.82, 2.24) is 4.31 Å². The Kier molecular flexibility index (Phi) is 3.83. The molecule has 4 heteroatoms. The molecule has 0 fully saturated rings. The summed E-state index contributed by atoms with van der Waals surface area (Å²) in [6.45, 7) is 2.95. The smallest absolute Gasteiger partial charge is 0.207 e. The highest BCUT2D eigenvalue weighted by atomic mass is 32.2. The van der Waals surface area contributed by atoms with Crippen molar-refractivity contribution in [1.29, 1.82) is 0 Å². The van der Waals surface area contributed by atoms with E-state index in [1.807, 2.05) is 31.2 Å². The molecule has 0 aliphatic carbocycles. The van der Waals surface area contributed by atoms with Gasteiger partial charge in [-0.25, -0.2) is 8.42 Å². The maximum Gasteiger partial charge on any atom is 0.243 e. The summed E-state index contributed by atoms with van der Waals surface area (Å²) in [5, 5.41) is 0. The van der Waals surface area contributed by atoms with E-state index in [2.05, 4.69) is 12.1 Å². The molecule has 21 heavy (non-hydrogen) atoms. The van der Waals surface area contributed by atoms with Crippen LogP contribution in [0.5, 0.6) is 0 Å². The zero-order valence-corrected chi connectivity index (χ0v) is 12.9. The van der Waals surface area contributed by atoms with Gasteiger partial charge in [-0.2, -0.15) is 4.31 Å². The van der Waals surface area contributed by atoms with Gasteiger partial charge in [-0.05, 0) is 42.5 Å². The van der Waals surface area contributed by atoms with Crippen LogP contribution in [0.4, 0.5) is 0 Å². The monoisotopic (exact) mass is 301 g/mol. The molecule has 3 rings (SSSR count). The summed E-state index contributed by atoms with van der Waals surface area (Å²) in [4.78, 5) is 0.427. The van der Waals surface area contributed by atoms with Crippen LogP contribution in [0.25, 0.3) is 0 Å². The van der Waals surface area contributed by atoms with Crippen LogP contribution in [0.15, 0.2) is 53.4 Å². The van der Waals surface area contributed by atoms with Crippen LogP contribution < -0.4 is 0 Å². The normalized spacial score (nSPS) is 16.2. The van der Waals surface area contributed by atoms with Gasteiger partial charge in [0.2, 0.25) is 10.0 Å². The minimum atomic E-state index is -3.40. The predicted octanol–water partition coefficient (Wildman–Crippen LogP) is 2.78. The fourth-order valence-corrected chi connectivity index (χ4v) is 4.54. The summed E-state index contributed by atoms with van der Waals surface area (Å²) < 4.78 is 27.3. The van der Waals surface area contributed by atoms with Gasteiger partial charge in [-0.1, -0.05) is 42.5 Å². The molecule has 1 aliphatic heterocycles. The lowest BCUT2D eigenvalue weighted by atomic mass is 10.0. The Bertz CT molecular complexity index is 726. The quantitative estimate of drug-likeness (QED) is 0.855. The molecule has 0 saturated heterocycles. The second kappa shape index (κ2) is 5.62. The molecule has 0 atom stereocenters. The molecule has 0 bridgehead atoms. The minimum Gasteiger partial charge on any atom is -0.207 e. The van der Waals surface area contributed by atoms with Gasteiger partial charge in [0, 0.05) is 13.1 Å². The number of nitrogens with zero attached hydrogens (tertiary/aromatic N) is 1. The van der Waals surface area contributed by atoms with Crippen LogP contribution in [0.2, 0.25) is 0 Å². The van der Waals surface area contributed by atoms with Crippen molar-refractivity contribution in [3.63, 3.8) is 0 Å². The van der Waals surface area contributed by atoms with Crippen LogP contribution in [0.1, 0.15) is 16.7 Å². The van der Waals surface area contributed by atoms with Crippen molar-refractivity contribution in [3.8, 4) is 0 Å². The molecule has 110 valence electrons. The molecule has 0 aromatic heterocycles. The first-order valence-electron chi connectivity index (χ1n) is 7.21. The summed E-state index contributed by atoms with van der Waals surface area (Å²) in [6, 6.07) is 15.4. The fraction of sp³-hybridized carbons (Fsp3) is 0.294. The zero-order valence-electron chi connectivity index (χ0n) is 12.1. The number of rotatable bonds is 2. The summed E-state index contributed by atoms with van der Waals surface area (Å²) >= 11 is 0. The number of hydrogen-bond donors (Lipinski definition) is 0. The summed E-state index contributed by atoms with van der Waals surface area (Å²) in [5.74, 6) is 0. The summed E-state index contributed by atoms with van der Waals surface area (Å²) in [7, 11) is -3.40. The lowest BCUT2D eigenvalue weighted by molar-refractivity contribution is 0.426. The first-order valence-corrected chi connectivity index (χ1v) is 8.65. The van der Waals surface area contributed by atoms with Crippen molar-refractivity contribution in [3.05, 3.63) is 65.2 Å². The molecule has 2 aromatic rings. The van der Waals surface area contributed by atoms with Crippen LogP contribution in [0.3, 0.4) is 0 Å². The Morgan fingerprint density at radius 2 is 1.38 bits per heavy atom. The van der Waals surface area contributed by atoms with E-state index in [0.717, 1.165) is 18.4 Å². The standard InChI is InChI=1S/C17H19NO2S/c1-14-6-2-5-9-17(14)21(19,20)18-12-10-15-7-3-4-8-16(15)11-13-18/h2-9H,10-13H2,1H3. The van der Waals surface area contributed by atoms with Crippen LogP contribution >= 0.6 is 0 Å². The third kappa shape index (κ3) is 2.74. The molecular weight excluding hydrogens is 282 g/mol. The highest BCUT2D eigenvalue weighted by Crippen LogP contribution is 2.23. The molecule has 2 aromatic carbocycles. The molecule has 0 saturated carbocycles. The third-order valence-corrected chi connectivity index (χ3v) is 6.15. The predicted molar refractivity (Wildman–Crippen MR) is 83.8 cm³/mol. The van der Waals surface area contributed by atoms with Crippen molar-refractivity contribution in [2.24, 2.45) is 0 Å². The second-order valence-electron chi connectivity index (χ2n) is 5.44. The highest BCUT2D eigenvalue weighted by molar-refractivity contribution is 7.89. The maximum absolute atomic E-state index is 12.8. The first-order chi connectivity index (χ1) is 10.1. The Morgan fingerprint density at radius 3 is 1.95 bits per heavy atom. The molecule has 0 unspecified atom stereocenters. The van der Waals surface area contributed by atoms with Gasteiger partial charge in [-0.15, -0.1) is 0 Å². The van der Waals surface area contributed by atoms with E-state index < -0.39 is 10.0 Å². The number of benzene rings is 2. The maximum atomic E-state index is 12.8. The van der Waals surface area contributed by atoms with Gasteiger partial charge >= 0.3 is 0 Å². The molecule has 3 nitrogen and oxygen atoms in total. The highest BCUT2D eigenvalue weighted by Gasteiger charge is 2.27. The number of aryl methyl sites for hydroxylation is 1. The number of hydrogen-bond acceptors (Lipinski definition) is 2. The van der Waals surface area contributed by atoms with Crippen molar-refractivity contribution in [2.45, 2.75) is 24.7 Å². The Balaban J connectivity index is 1.91. The van der Waals surface area contributed by atoms with E-state index in [1.165, 1.54) is 11.1 Å². The molecular formula is C17H19NO2S. The fourth-order valence-electron chi connectivity index (χ4n) is 2.87. The summed E-state index contributed by atoms with van der Waals surface area (Å²) in [6.07, 6.45) is 1.56. The SMILES string of the molecule is Cc1ccccc1S(=O)(=O)N1CCc2ccccc2CC1. The summed E-state index contributed by atoms with van der Waals surface area (Å²) in [5.41, 5.74) is 3.33. The molecule has 1 aliphatic rings. The average molecular weight is 301 g/mol. The largest absolute Gasteiger partial charge is 0.243 e. The van der Waals surface area contributed by atoms with Crippen LogP contribution in [-0.4, -0.2) is 25.8 Å². The molecule has 0 spiro atoms. The first kappa shape index (κ1) is 14.3. The van der Waals surface area contributed by atoms with Crippen LogP contribution in [0, 0.1) is 6.92 Å². The van der Waals surface area contributed by atoms with Gasteiger partial charge < -0.3 is 0 Å². The lowest BCUT2D eigenvalue weighted by Gasteiger charge is -2.21. The van der Waals surface area contributed by atoms with Gasteiger partial charge in [0.05, 0.1) is 4.90 Å². The molecule has 0 N–H and O–H groups in total. The zero-order chi connectivity index (χ0) is 14.9. The molecule has 0 amide bonds. The Labute approximate surface area is 126 Å². The third-order valence-electron chi connectivity index (χ3n) is 4.09. The molecule has 0 radical (unpaired) electrons. The Hall–Kier alpha value is -1.65. The molecule has 1 heterocycles. The average Bonchev–Trinajstić information content (AvgIpc) is 2.70. The second-order valence-corrected chi connectivity index (χ2v) is 7.34. The minimum absolute atomic E-state index is 0.427. The van der Waals surface area contributed by atoms with Crippen LogP contribution in [-0.2, 0) is 22.9 Å². The van der Waals surface area contributed by atoms with E-state index in [1.54, 1.807) is 16.4 Å². The lowest BCUT2D eigenvalue weighted by Crippen LogP contribution is -2.33. The van der Waals surface area contributed by atoms with Gasteiger partial charge in [-0.3, -0.25) is 0 Å². The Morgan fingerprint density at radius 1 is 0.857 bits per heavy atom. The van der Waals surface area contributed by atoms with E-state index in [4.69, 9.17) is 0 Å². The number of sulfonamides is 1.